The number of nitrogens with zero attached hydrogens (tertiary/aromatic N) is 1. The van der Waals surface area contributed by atoms with Gasteiger partial charge in [0.05, 0.1) is 5.69 Å². The van der Waals surface area contributed by atoms with Gasteiger partial charge in [-0.25, -0.2) is 0 Å². The van der Waals surface area contributed by atoms with Gasteiger partial charge in [-0.3, -0.25) is 0 Å². The molecule has 0 aliphatic carbocycles. The fourth-order valence-corrected chi connectivity index (χ4v) is 11.4. The zero-order valence-electron chi connectivity index (χ0n) is 36.4. The smallest absolute Gasteiger partial charge is 0.136 e. The summed E-state index contributed by atoms with van der Waals surface area (Å²) in [4.78, 5) is 2.45. The largest absolute Gasteiger partial charge is 0.456 e. The molecular weight excluding hydrogens is 831 g/mol. The van der Waals surface area contributed by atoms with E-state index < -0.39 is 0 Å². The van der Waals surface area contributed by atoms with Crippen LogP contribution in [-0.2, 0) is 0 Å². The van der Waals surface area contributed by atoms with Gasteiger partial charge in [-0.15, -0.1) is 11.3 Å². The molecule has 0 radical (unpaired) electrons. The maximum absolute atomic E-state index is 6.61. The van der Waals surface area contributed by atoms with Gasteiger partial charge in [-0.1, -0.05) is 194 Å². The second-order valence-electron chi connectivity index (χ2n) is 17.2. The quantitative estimate of drug-likeness (QED) is 0.151. The van der Waals surface area contributed by atoms with E-state index in [2.05, 4.69) is 254 Å². The Morgan fingerprint density at radius 1 is 0.328 bits per heavy atom. The van der Waals surface area contributed by atoms with E-state index in [1.54, 1.807) is 0 Å². The highest BCUT2D eigenvalue weighted by Crippen LogP contribution is 2.50. The predicted molar refractivity (Wildman–Crippen MR) is 286 cm³/mol. The molecule has 13 rings (SSSR count). The number of hydrogen-bond donors (Lipinski definition) is 0. The van der Waals surface area contributed by atoms with Gasteiger partial charge < -0.3 is 9.32 Å². The van der Waals surface area contributed by atoms with Crippen molar-refractivity contribution < 1.29 is 4.42 Å². The Hall–Kier alpha value is -8.50. The van der Waals surface area contributed by atoms with Crippen molar-refractivity contribution in [3.8, 4) is 55.6 Å². The van der Waals surface area contributed by atoms with Crippen molar-refractivity contribution >= 4 is 81.3 Å². The number of anilines is 3. The summed E-state index contributed by atoms with van der Waals surface area (Å²) in [6.45, 7) is 0. The summed E-state index contributed by atoms with van der Waals surface area (Å²) < 4.78 is 9.13. The summed E-state index contributed by atoms with van der Waals surface area (Å²) in [7, 11) is 0. The maximum Gasteiger partial charge on any atom is 0.136 e. The molecule has 0 atom stereocenters. The van der Waals surface area contributed by atoms with Gasteiger partial charge in [0.25, 0.3) is 0 Å². The van der Waals surface area contributed by atoms with Crippen molar-refractivity contribution in [2.24, 2.45) is 0 Å². The molecule has 0 fully saturated rings. The lowest BCUT2D eigenvalue weighted by Gasteiger charge is -2.27. The molecule has 2 heterocycles. The molecule has 2 aromatic heterocycles. The summed E-state index contributed by atoms with van der Waals surface area (Å²) in [6, 6.07) is 90.1. The molecule has 11 aromatic carbocycles. The van der Waals surface area contributed by atoms with Crippen molar-refractivity contribution in [3.63, 3.8) is 0 Å². The van der Waals surface area contributed by atoms with E-state index in [1.165, 1.54) is 75.5 Å². The van der Waals surface area contributed by atoms with Crippen molar-refractivity contribution in [3.05, 3.63) is 249 Å². The van der Waals surface area contributed by atoms with Crippen LogP contribution in [0.4, 0.5) is 17.1 Å². The number of hydrogen-bond acceptors (Lipinski definition) is 3. The third-order valence-corrected chi connectivity index (χ3v) is 14.5. The van der Waals surface area contributed by atoms with E-state index in [1.807, 2.05) is 11.3 Å². The van der Waals surface area contributed by atoms with Crippen LogP contribution in [0.1, 0.15) is 0 Å². The van der Waals surface area contributed by atoms with E-state index in [-0.39, 0.29) is 0 Å². The van der Waals surface area contributed by atoms with Crippen molar-refractivity contribution in [2.75, 3.05) is 4.90 Å². The molecule has 0 spiro atoms. The Morgan fingerprint density at radius 2 is 0.896 bits per heavy atom. The number of furan rings is 1. The number of fused-ring (bicyclic) bond motifs is 7. The molecule has 0 saturated carbocycles. The summed E-state index contributed by atoms with van der Waals surface area (Å²) in [5, 5.41) is 7.12. The average molecular weight is 872 g/mol. The standard InChI is InChI=1S/C64H41NOS/c1-5-15-42(16-6-1)48-28-34-55-57-41-51(32-38-59(57)66-60(55)39-48)65(50-30-25-46(26-31-50)53-33-27-45-21-13-14-24-52(45)62(53)47-22-11-4-12-23-47)58-37-36-54(44-19-9-3-10-20-44)64-63(58)56-35-29-49(40-61(56)67-64)43-17-7-2-8-18-43/h1-41H. The van der Waals surface area contributed by atoms with E-state index in [4.69, 9.17) is 4.42 Å². The van der Waals surface area contributed by atoms with Crippen LogP contribution in [-0.4, -0.2) is 0 Å². The molecule has 3 heteroatoms. The molecule has 0 bridgehead atoms. The van der Waals surface area contributed by atoms with Crippen LogP contribution < -0.4 is 4.90 Å². The van der Waals surface area contributed by atoms with Crippen LogP contribution in [0.15, 0.2) is 253 Å². The monoisotopic (exact) mass is 871 g/mol. The van der Waals surface area contributed by atoms with Crippen molar-refractivity contribution in [1.29, 1.82) is 0 Å². The van der Waals surface area contributed by atoms with Crippen LogP contribution in [0.25, 0.3) is 109 Å². The third-order valence-electron chi connectivity index (χ3n) is 13.3. The highest BCUT2D eigenvalue weighted by molar-refractivity contribution is 7.26. The van der Waals surface area contributed by atoms with Crippen molar-refractivity contribution in [2.45, 2.75) is 0 Å². The first-order valence-corrected chi connectivity index (χ1v) is 23.6. The highest BCUT2D eigenvalue weighted by Gasteiger charge is 2.23. The summed E-state index contributed by atoms with van der Waals surface area (Å²) in [6.07, 6.45) is 0. The van der Waals surface area contributed by atoms with E-state index in [0.29, 0.717) is 0 Å². The lowest BCUT2D eigenvalue weighted by molar-refractivity contribution is 0.669. The molecule has 0 aliphatic heterocycles. The van der Waals surface area contributed by atoms with Gasteiger partial charge in [0.2, 0.25) is 0 Å². The Kier molecular flexibility index (Phi) is 9.40. The summed E-state index contributed by atoms with van der Waals surface area (Å²) in [5.74, 6) is 0. The first-order chi connectivity index (χ1) is 33.2. The van der Waals surface area contributed by atoms with E-state index in [9.17, 15) is 0 Å². The molecular formula is C64H41NOS. The third kappa shape index (κ3) is 6.79. The minimum absolute atomic E-state index is 0.864. The predicted octanol–water partition coefficient (Wildman–Crippen LogP) is 18.9. The highest BCUT2D eigenvalue weighted by atomic mass is 32.1. The molecule has 2 nitrogen and oxygen atoms in total. The molecule has 0 N–H and O–H groups in total. The molecule has 67 heavy (non-hydrogen) atoms. The lowest BCUT2D eigenvalue weighted by Crippen LogP contribution is -2.10. The van der Waals surface area contributed by atoms with Crippen LogP contribution in [0.5, 0.6) is 0 Å². The van der Waals surface area contributed by atoms with E-state index in [0.717, 1.165) is 50.1 Å². The second-order valence-corrected chi connectivity index (χ2v) is 18.3. The molecule has 0 saturated heterocycles. The first kappa shape index (κ1) is 38.9. The van der Waals surface area contributed by atoms with Gasteiger partial charge in [-0.2, -0.15) is 0 Å². The summed E-state index contributed by atoms with van der Waals surface area (Å²) in [5.41, 5.74) is 17.0. The topological polar surface area (TPSA) is 16.4 Å². The molecule has 0 unspecified atom stereocenters. The fraction of sp³-hybridized carbons (Fsp3) is 0. The van der Waals surface area contributed by atoms with Gasteiger partial charge in [-0.05, 0) is 121 Å². The second kappa shape index (κ2) is 16.2. The van der Waals surface area contributed by atoms with Crippen LogP contribution in [0, 0.1) is 0 Å². The number of rotatable bonds is 8. The SMILES string of the molecule is c1ccc(-c2ccc3c(c2)oc2ccc(N(c4ccc(-c5ccc6ccccc6c5-c5ccccc5)cc4)c4ccc(-c5ccccc5)c5sc6cc(-c7ccccc7)ccc6c45)cc23)cc1. The molecule has 0 aliphatic rings. The Morgan fingerprint density at radius 3 is 1.61 bits per heavy atom. The average Bonchev–Trinajstić information content (AvgIpc) is 3.98. The van der Waals surface area contributed by atoms with Crippen molar-refractivity contribution in [1.82, 2.24) is 0 Å². The number of benzene rings is 11. The van der Waals surface area contributed by atoms with Gasteiger partial charge in [0.1, 0.15) is 11.2 Å². The molecule has 0 amide bonds. The molecule has 13 aromatic rings. The Labute approximate surface area is 392 Å². The van der Waals surface area contributed by atoms with Crippen LogP contribution in [0.3, 0.4) is 0 Å². The van der Waals surface area contributed by atoms with Crippen LogP contribution >= 0.6 is 11.3 Å². The zero-order valence-corrected chi connectivity index (χ0v) is 37.3. The normalized spacial score (nSPS) is 11.6. The van der Waals surface area contributed by atoms with Gasteiger partial charge in [0.15, 0.2) is 0 Å². The number of thiophene rings is 1. The Balaban J connectivity index is 1.03. The summed E-state index contributed by atoms with van der Waals surface area (Å²) >= 11 is 1.88. The fourth-order valence-electron chi connectivity index (χ4n) is 10.1. The van der Waals surface area contributed by atoms with Gasteiger partial charge >= 0.3 is 0 Å². The zero-order chi connectivity index (χ0) is 44.3. The first-order valence-electron chi connectivity index (χ1n) is 22.8. The minimum Gasteiger partial charge on any atom is -0.456 e. The van der Waals surface area contributed by atoms with E-state index >= 15 is 0 Å². The van der Waals surface area contributed by atoms with Gasteiger partial charge in [0, 0.05) is 42.3 Å². The maximum atomic E-state index is 6.61. The minimum atomic E-state index is 0.864. The van der Waals surface area contributed by atoms with Crippen LogP contribution in [0.2, 0.25) is 0 Å². The Bertz CT molecular complexity index is 3950. The lowest BCUT2D eigenvalue weighted by atomic mass is 9.89. The molecule has 314 valence electrons.